The minimum atomic E-state index is -4.60. The molecule has 27 heavy (non-hydrogen) atoms. The highest BCUT2D eigenvalue weighted by atomic mass is 32.2. The third kappa shape index (κ3) is 4.27. The van der Waals surface area contributed by atoms with Crippen LogP contribution in [0.5, 0.6) is 0 Å². The number of carbonyl (C=O) groups excluding carboxylic acids is 1. The molecule has 2 aromatic carbocycles. The number of amidine groups is 1. The minimum Gasteiger partial charge on any atom is -0.359 e. The Kier molecular flexibility index (Phi) is 4.92. The van der Waals surface area contributed by atoms with E-state index in [9.17, 15) is 22.2 Å². The zero-order chi connectivity index (χ0) is 19.7. The van der Waals surface area contributed by atoms with Gasteiger partial charge in [-0.25, -0.2) is 4.21 Å². The zero-order valence-corrected chi connectivity index (χ0v) is 14.8. The monoisotopic (exact) mass is 397 g/mol. The molecular weight excluding hydrogens is 383 g/mol. The van der Waals surface area contributed by atoms with Gasteiger partial charge in [-0.05, 0) is 24.3 Å². The van der Waals surface area contributed by atoms with Gasteiger partial charge in [-0.3, -0.25) is 4.79 Å². The van der Waals surface area contributed by atoms with Crippen LogP contribution in [0.1, 0.15) is 15.9 Å². The van der Waals surface area contributed by atoms with Crippen molar-refractivity contribution < 1.29 is 27.0 Å². The molecule has 0 saturated heterocycles. The fourth-order valence-electron chi connectivity index (χ4n) is 2.27. The maximum atomic E-state index is 12.6. The van der Waals surface area contributed by atoms with Gasteiger partial charge in [0.2, 0.25) is 0 Å². The van der Waals surface area contributed by atoms with Crippen LogP contribution in [0.3, 0.4) is 0 Å². The number of nitrogens with zero attached hydrogens (tertiary/aromatic N) is 2. The summed E-state index contributed by atoms with van der Waals surface area (Å²) in [5.74, 6) is -0.791. The molecular formula is C17H14F3N3O3S. The Balaban J connectivity index is 1.77. The number of carbonyl (C=O) groups is 1. The van der Waals surface area contributed by atoms with Gasteiger partial charge in [0.25, 0.3) is 12.1 Å². The lowest BCUT2D eigenvalue weighted by Gasteiger charge is -2.13. The minimum absolute atomic E-state index is 0.100. The van der Waals surface area contributed by atoms with Crippen LogP contribution in [0.2, 0.25) is 0 Å². The van der Waals surface area contributed by atoms with Gasteiger partial charge in [-0.2, -0.15) is 17.5 Å². The second-order valence-electron chi connectivity index (χ2n) is 5.70. The number of rotatable bonds is 3. The SMILES string of the molecule is CS(=O)(=NC(=O)c1ccc(C2=NOC(C(F)(F)F)N2)cc1)c1ccccc1. The number of benzene rings is 2. The van der Waals surface area contributed by atoms with E-state index >= 15 is 0 Å². The van der Waals surface area contributed by atoms with Gasteiger partial charge >= 0.3 is 6.18 Å². The molecule has 10 heteroatoms. The summed E-state index contributed by atoms with van der Waals surface area (Å²) in [5.41, 5.74) is 0.453. The summed E-state index contributed by atoms with van der Waals surface area (Å²) >= 11 is 0. The van der Waals surface area contributed by atoms with Crippen LogP contribution in [0, 0.1) is 0 Å². The highest BCUT2D eigenvalue weighted by Crippen LogP contribution is 2.24. The van der Waals surface area contributed by atoms with Crippen molar-refractivity contribution in [2.75, 3.05) is 6.26 Å². The van der Waals surface area contributed by atoms with Crippen LogP contribution in [-0.4, -0.2) is 34.6 Å². The van der Waals surface area contributed by atoms with Crippen molar-refractivity contribution in [2.45, 2.75) is 17.3 Å². The number of alkyl halides is 3. The molecule has 6 nitrogen and oxygen atoms in total. The van der Waals surface area contributed by atoms with E-state index in [1.807, 2.05) is 0 Å². The lowest BCUT2D eigenvalue weighted by atomic mass is 10.1. The van der Waals surface area contributed by atoms with Crippen LogP contribution in [-0.2, 0) is 14.6 Å². The predicted molar refractivity (Wildman–Crippen MR) is 92.6 cm³/mol. The fourth-order valence-corrected chi connectivity index (χ4v) is 3.46. The van der Waals surface area contributed by atoms with Crippen LogP contribution in [0.25, 0.3) is 0 Å². The first-order chi connectivity index (χ1) is 12.7. The molecule has 0 aliphatic carbocycles. The van der Waals surface area contributed by atoms with E-state index in [0.717, 1.165) is 0 Å². The molecule has 3 rings (SSSR count). The number of hydrogen-bond donors (Lipinski definition) is 1. The largest absolute Gasteiger partial charge is 0.448 e. The summed E-state index contributed by atoms with van der Waals surface area (Å²) in [4.78, 5) is 17.0. The number of nitrogens with one attached hydrogen (secondary N) is 1. The van der Waals surface area contributed by atoms with E-state index in [-0.39, 0.29) is 11.4 Å². The van der Waals surface area contributed by atoms with Gasteiger partial charge in [0, 0.05) is 22.3 Å². The van der Waals surface area contributed by atoms with Crippen LogP contribution < -0.4 is 5.32 Å². The number of hydrogen-bond acceptors (Lipinski definition) is 5. The van der Waals surface area contributed by atoms with E-state index < -0.39 is 28.0 Å². The van der Waals surface area contributed by atoms with E-state index in [4.69, 9.17) is 0 Å². The van der Waals surface area contributed by atoms with Gasteiger partial charge in [0.05, 0.1) is 9.73 Å². The van der Waals surface area contributed by atoms with Crippen molar-refractivity contribution in [1.29, 1.82) is 0 Å². The van der Waals surface area contributed by atoms with Crippen molar-refractivity contribution >= 4 is 21.5 Å². The predicted octanol–water partition coefficient (Wildman–Crippen LogP) is 3.15. The van der Waals surface area contributed by atoms with Gasteiger partial charge < -0.3 is 10.2 Å². The molecule has 2 aromatic rings. The Morgan fingerprint density at radius 1 is 1.15 bits per heavy atom. The highest BCUT2D eigenvalue weighted by Gasteiger charge is 2.45. The molecule has 0 saturated carbocycles. The van der Waals surface area contributed by atoms with Crippen molar-refractivity contribution in [3.05, 3.63) is 65.7 Å². The Bertz CT molecular complexity index is 996. The van der Waals surface area contributed by atoms with Crippen molar-refractivity contribution in [1.82, 2.24) is 5.32 Å². The Morgan fingerprint density at radius 3 is 2.33 bits per heavy atom. The molecule has 2 atom stereocenters. The van der Waals surface area contributed by atoms with Crippen molar-refractivity contribution in [3.8, 4) is 0 Å². The molecule has 1 heterocycles. The van der Waals surface area contributed by atoms with Crippen LogP contribution in [0.15, 0.2) is 69.0 Å². The summed E-state index contributed by atoms with van der Waals surface area (Å²) in [6, 6.07) is 13.9. The third-order valence-electron chi connectivity index (χ3n) is 3.66. The number of amides is 1. The number of halogens is 3. The van der Waals surface area contributed by atoms with Crippen molar-refractivity contribution in [3.63, 3.8) is 0 Å². The average molecular weight is 397 g/mol. The summed E-state index contributed by atoms with van der Waals surface area (Å²) in [6.07, 6.45) is -5.45. The molecule has 2 unspecified atom stereocenters. The van der Waals surface area contributed by atoms with E-state index in [1.165, 1.54) is 30.5 Å². The zero-order valence-electron chi connectivity index (χ0n) is 13.9. The van der Waals surface area contributed by atoms with Crippen LogP contribution >= 0.6 is 0 Å². The molecule has 1 aliphatic heterocycles. The summed E-state index contributed by atoms with van der Waals surface area (Å²) in [7, 11) is -2.91. The molecule has 1 amide bonds. The average Bonchev–Trinajstić information content (AvgIpc) is 3.13. The summed E-state index contributed by atoms with van der Waals surface area (Å²) < 4.78 is 54.1. The second-order valence-corrected chi connectivity index (χ2v) is 7.96. The summed E-state index contributed by atoms with van der Waals surface area (Å²) in [5, 5.41) is 5.46. The topological polar surface area (TPSA) is 80.1 Å². The smallest absolute Gasteiger partial charge is 0.359 e. The van der Waals surface area contributed by atoms with Crippen molar-refractivity contribution in [2.24, 2.45) is 9.52 Å². The quantitative estimate of drug-likeness (QED) is 0.863. The molecule has 0 fully saturated rings. The fraction of sp³-hybridized carbons (Fsp3) is 0.176. The molecule has 0 spiro atoms. The lowest BCUT2D eigenvalue weighted by Crippen LogP contribution is -2.41. The maximum Gasteiger partial charge on any atom is 0.448 e. The molecule has 0 aromatic heterocycles. The van der Waals surface area contributed by atoms with Gasteiger partial charge in [0.15, 0.2) is 5.84 Å². The first kappa shape index (κ1) is 18.9. The Morgan fingerprint density at radius 2 is 1.78 bits per heavy atom. The first-order valence-electron chi connectivity index (χ1n) is 7.66. The van der Waals surface area contributed by atoms with Gasteiger partial charge in [0.1, 0.15) is 0 Å². The summed E-state index contributed by atoms with van der Waals surface area (Å²) in [6.45, 7) is 0. The normalized spacial score (nSPS) is 18.7. The Labute approximate surface area is 153 Å². The highest BCUT2D eigenvalue weighted by molar-refractivity contribution is 7.93. The second kappa shape index (κ2) is 7.03. The first-order valence-corrected chi connectivity index (χ1v) is 9.58. The molecule has 1 N–H and O–H groups in total. The lowest BCUT2D eigenvalue weighted by molar-refractivity contribution is -0.218. The molecule has 1 aliphatic rings. The number of oxime groups is 1. The molecule has 142 valence electrons. The van der Waals surface area contributed by atoms with Crippen LogP contribution in [0.4, 0.5) is 13.2 Å². The van der Waals surface area contributed by atoms with Gasteiger partial charge in [-0.1, -0.05) is 35.5 Å². The standard InChI is InChI=1S/C17H14F3N3O3S/c1-27(25,13-5-3-2-4-6-13)23-15(24)12-9-7-11(8-10-12)14-21-16(26-22-14)17(18,19)20/h2-10,16H,1H3,(H,21,22). The Hall–Kier alpha value is -2.88. The molecule has 0 radical (unpaired) electrons. The van der Waals surface area contributed by atoms with E-state index in [1.54, 1.807) is 30.3 Å². The molecule has 0 bridgehead atoms. The van der Waals surface area contributed by atoms with E-state index in [2.05, 4.69) is 19.7 Å². The van der Waals surface area contributed by atoms with Gasteiger partial charge in [-0.15, -0.1) is 0 Å². The maximum absolute atomic E-state index is 12.6. The van der Waals surface area contributed by atoms with E-state index in [0.29, 0.717) is 10.5 Å². The third-order valence-corrected chi connectivity index (χ3v) is 5.32.